The number of benzene rings is 1. The monoisotopic (exact) mass is 236 g/mol. The second kappa shape index (κ2) is 3.81. The summed E-state index contributed by atoms with van der Waals surface area (Å²) >= 11 is 0. The van der Waals surface area contributed by atoms with Gasteiger partial charge in [0.05, 0.1) is 6.04 Å². The summed E-state index contributed by atoms with van der Waals surface area (Å²) in [5, 5.41) is 0. The van der Waals surface area contributed by atoms with Crippen molar-refractivity contribution in [2.24, 2.45) is 5.73 Å². The number of halogens is 1. The van der Waals surface area contributed by atoms with Gasteiger partial charge in [-0.3, -0.25) is 4.79 Å². The number of likely N-dealkylation sites (tertiary alicyclic amines) is 1. The molecule has 92 valence electrons. The van der Waals surface area contributed by atoms with E-state index in [1.54, 1.807) is 17.0 Å². The number of amides is 1. The summed E-state index contributed by atoms with van der Waals surface area (Å²) in [6.45, 7) is 5.84. The molecule has 1 aliphatic heterocycles. The van der Waals surface area contributed by atoms with Crippen molar-refractivity contribution >= 4 is 5.91 Å². The Balaban J connectivity index is 2.35. The van der Waals surface area contributed by atoms with E-state index >= 15 is 0 Å². The minimum absolute atomic E-state index is 0.0771. The van der Waals surface area contributed by atoms with E-state index < -0.39 is 6.04 Å². The third kappa shape index (κ3) is 1.93. The summed E-state index contributed by atoms with van der Waals surface area (Å²) in [4.78, 5) is 13.5. The van der Waals surface area contributed by atoms with E-state index in [0.717, 1.165) is 5.56 Å². The standard InChI is InChI=1S/C13H17FN2O/c1-13(2,3)16-11(10(15)12(16)17)8-5-4-6-9(14)7-8/h4-7,10-11H,15H2,1-3H3/t10-,11+/m1/s1. The molecule has 0 aromatic heterocycles. The van der Waals surface area contributed by atoms with E-state index in [1.807, 2.05) is 20.8 Å². The molecule has 0 bridgehead atoms. The summed E-state index contributed by atoms with van der Waals surface area (Å²) in [7, 11) is 0. The number of nitrogens with zero attached hydrogens (tertiary/aromatic N) is 1. The average molecular weight is 236 g/mol. The SMILES string of the molecule is CC(C)(C)N1C(=O)[C@H](N)[C@@H]1c1cccc(F)c1. The lowest BCUT2D eigenvalue weighted by Gasteiger charge is -2.52. The molecule has 2 atom stereocenters. The normalized spacial score (nSPS) is 24.8. The maximum Gasteiger partial charge on any atom is 0.243 e. The molecule has 1 aromatic rings. The Morgan fingerprint density at radius 3 is 2.53 bits per heavy atom. The molecule has 1 amide bonds. The number of carbonyl (C=O) groups excluding carboxylic acids is 1. The fourth-order valence-corrected chi connectivity index (χ4v) is 2.31. The zero-order valence-electron chi connectivity index (χ0n) is 10.3. The minimum atomic E-state index is -0.559. The van der Waals surface area contributed by atoms with Crippen LogP contribution in [0.5, 0.6) is 0 Å². The van der Waals surface area contributed by atoms with Crippen molar-refractivity contribution in [3.63, 3.8) is 0 Å². The van der Waals surface area contributed by atoms with Crippen LogP contribution in [0.2, 0.25) is 0 Å². The fraction of sp³-hybridized carbons (Fsp3) is 0.462. The van der Waals surface area contributed by atoms with Crippen LogP contribution in [0.4, 0.5) is 4.39 Å². The molecule has 2 N–H and O–H groups in total. The smallest absolute Gasteiger partial charge is 0.243 e. The average Bonchev–Trinajstić information content (AvgIpc) is 2.22. The van der Waals surface area contributed by atoms with Crippen LogP contribution in [0, 0.1) is 5.82 Å². The van der Waals surface area contributed by atoms with Crippen LogP contribution in [-0.2, 0) is 4.79 Å². The molecule has 0 saturated carbocycles. The van der Waals surface area contributed by atoms with Gasteiger partial charge in [0.2, 0.25) is 5.91 Å². The summed E-state index contributed by atoms with van der Waals surface area (Å²) in [5.41, 5.74) is 6.28. The first kappa shape index (κ1) is 12.0. The van der Waals surface area contributed by atoms with Crippen LogP contribution < -0.4 is 5.73 Å². The van der Waals surface area contributed by atoms with Crippen LogP contribution in [0.25, 0.3) is 0 Å². The highest BCUT2D eigenvalue weighted by molar-refractivity contribution is 5.90. The molecule has 2 rings (SSSR count). The van der Waals surface area contributed by atoms with Gasteiger partial charge in [-0.15, -0.1) is 0 Å². The third-order valence-electron chi connectivity index (χ3n) is 3.05. The van der Waals surface area contributed by atoms with Gasteiger partial charge in [0.15, 0.2) is 0 Å². The van der Waals surface area contributed by atoms with Crippen molar-refractivity contribution in [3.05, 3.63) is 35.6 Å². The zero-order chi connectivity index (χ0) is 12.8. The molecule has 4 heteroatoms. The van der Waals surface area contributed by atoms with Crippen LogP contribution in [0.3, 0.4) is 0 Å². The van der Waals surface area contributed by atoms with E-state index in [1.165, 1.54) is 12.1 Å². The van der Waals surface area contributed by atoms with E-state index in [9.17, 15) is 9.18 Å². The highest BCUT2D eigenvalue weighted by Gasteiger charge is 2.50. The molecule has 1 heterocycles. The Morgan fingerprint density at radius 1 is 1.35 bits per heavy atom. The summed E-state index contributed by atoms with van der Waals surface area (Å²) < 4.78 is 13.2. The van der Waals surface area contributed by atoms with Crippen molar-refractivity contribution in [2.45, 2.75) is 38.4 Å². The molecule has 1 fully saturated rings. The van der Waals surface area contributed by atoms with Gasteiger partial charge in [-0.1, -0.05) is 12.1 Å². The molecule has 0 spiro atoms. The molecule has 1 saturated heterocycles. The number of nitrogens with two attached hydrogens (primary N) is 1. The minimum Gasteiger partial charge on any atom is -0.327 e. The van der Waals surface area contributed by atoms with Crippen molar-refractivity contribution in [1.29, 1.82) is 0 Å². The second-order valence-corrected chi connectivity index (χ2v) is 5.40. The molecule has 0 unspecified atom stereocenters. The Morgan fingerprint density at radius 2 is 2.00 bits per heavy atom. The van der Waals surface area contributed by atoms with Gasteiger partial charge in [0, 0.05) is 5.54 Å². The Kier molecular flexibility index (Phi) is 2.70. The Labute approximate surface area is 100 Å². The number of hydrogen-bond donors (Lipinski definition) is 1. The largest absolute Gasteiger partial charge is 0.327 e. The number of carbonyl (C=O) groups is 1. The number of rotatable bonds is 1. The number of hydrogen-bond acceptors (Lipinski definition) is 2. The van der Waals surface area contributed by atoms with Gasteiger partial charge >= 0.3 is 0 Å². The molecule has 0 aliphatic carbocycles. The van der Waals surface area contributed by atoms with E-state index in [2.05, 4.69) is 0 Å². The van der Waals surface area contributed by atoms with Crippen molar-refractivity contribution in [2.75, 3.05) is 0 Å². The van der Waals surface area contributed by atoms with E-state index in [0.29, 0.717) is 0 Å². The quantitative estimate of drug-likeness (QED) is 0.756. The molecular weight excluding hydrogens is 219 g/mol. The molecule has 17 heavy (non-hydrogen) atoms. The first-order valence-electron chi connectivity index (χ1n) is 5.66. The van der Waals surface area contributed by atoms with Gasteiger partial charge in [0.25, 0.3) is 0 Å². The Hall–Kier alpha value is -1.42. The van der Waals surface area contributed by atoms with Crippen LogP contribution in [0.1, 0.15) is 32.4 Å². The van der Waals surface area contributed by atoms with E-state index in [-0.39, 0.29) is 23.3 Å². The highest BCUT2D eigenvalue weighted by Crippen LogP contribution is 2.39. The topological polar surface area (TPSA) is 46.3 Å². The van der Waals surface area contributed by atoms with Crippen molar-refractivity contribution in [1.82, 2.24) is 4.90 Å². The Bertz CT molecular complexity index is 453. The van der Waals surface area contributed by atoms with Crippen molar-refractivity contribution in [3.8, 4) is 0 Å². The predicted molar refractivity (Wildman–Crippen MR) is 63.7 cm³/mol. The predicted octanol–water partition coefficient (Wildman–Crippen LogP) is 1.83. The van der Waals surface area contributed by atoms with E-state index in [4.69, 9.17) is 5.73 Å². The van der Waals surface area contributed by atoms with Gasteiger partial charge < -0.3 is 10.6 Å². The third-order valence-corrected chi connectivity index (χ3v) is 3.05. The van der Waals surface area contributed by atoms with Crippen molar-refractivity contribution < 1.29 is 9.18 Å². The summed E-state index contributed by atoms with van der Waals surface area (Å²) in [6.07, 6.45) is 0. The van der Waals surface area contributed by atoms with Crippen LogP contribution in [-0.4, -0.2) is 22.4 Å². The lowest BCUT2D eigenvalue weighted by molar-refractivity contribution is -0.158. The number of β-lactam (4-membered cyclic amide) rings is 1. The maximum absolute atomic E-state index is 13.2. The molecule has 3 nitrogen and oxygen atoms in total. The molecule has 1 aliphatic rings. The first-order valence-corrected chi connectivity index (χ1v) is 5.66. The first-order chi connectivity index (χ1) is 7.82. The van der Waals surface area contributed by atoms with Crippen LogP contribution in [0.15, 0.2) is 24.3 Å². The highest BCUT2D eigenvalue weighted by atomic mass is 19.1. The lowest BCUT2D eigenvalue weighted by atomic mass is 9.84. The lowest BCUT2D eigenvalue weighted by Crippen LogP contribution is -2.68. The summed E-state index contributed by atoms with van der Waals surface area (Å²) in [5.74, 6) is -0.380. The maximum atomic E-state index is 13.2. The second-order valence-electron chi connectivity index (χ2n) is 5.40. The van der Waals surface area contributed by atoms with Gasteiger partial charge in [-0.05, 0) is 38.5 Å². The van der Waals surface area contributed by atoms with Gasteiger partial charge in [-0.25, -0.2) is 4.39 Å². The molecule has 0 radical (unpaired) electrons. The van der Waals surface area contributed by atoms with Crippen LogP contribution >= 0.6 is 0 Å². The van der Waals surface area contributed by atoms with Gasteiger partial charge in [-0.2, -0.15) is 0 Å². The molecular formula is C13H17FN2O. The fourth-order valence-electron chi connectivity index (χ4n) is 2.31. The molecule has 1 aromatic carbocycles. The summed E-state index contributed by atoms with van der Waals surface area (Å²) in [6, 6.07) is 5.49. The van der Waals surface area contributed by atoms with Gasteiger partial charge in [0.1, 0.15) is 11.9 Å². The zero-order valence-corrected chi connectivity index (χ0v) is 10.3.